The Morgan fingerprint density at radius 2 is 2.29 bits per heavy atom. The molecule has 2 rings (SSSR count). The predicted octanol–water partition coefficient (Wildman–Crippen LogP) is -0.551. The molecule has 1 aliphatic carbocycles. The van der Waals surface area contributed by atoms with E-state index in [4.69, 9.17) is 9.84 Å². The average Bonchev–Trinajstić information content (AvgIpc) is 3.07. The fourth-order valence-electron chi connectivity index (χ4n) is 1.75. The first-order chi connectivity index (χ1) is 8.35. The second-order valence-electron chi connectivity index (χ2n) is 4.26. The Labute approximate surface area is 100 Å². The van der Waals surface area contributed by atoms with E-state index < -0.39 is 0 Å². The summed E-state index contributed by atoms with van der Waals surface area (Å²) >= 11 is 0. The quantitative estimate of drug-likeness (QED) is 0.658. The first-order valence-electron chi connectivity index (χ1n) is 5.94. The van der Waals surface area contributed by atoms with Crippen LogP contribution in [0.2, 0.25) is 0 Å². The molecule has 0 aliphatic heterocycles. The van der Waals surface area contributed by atoms with Crippen LogP contribution in [-0.2, 0) is 11.3 Å². The first-order valence-corrected chi connectivity index (χ1v) is 5.94. The molecule has 0 bridgehead atoms. The number of ether oxygens (including phenoxy) is 1. The van der Waals surface area contributed by atoms with Gasteiger partial charge < -0.3 is 9.84 Å². The molecule has 1 heterocycles. The molecule has 17 heavy (non-hydrogen) atoms. The zero-order valence-electron chi connectivity index (χ0n) is 10.1. The van der Waals surface area contributed by atoms with Gasteiger partial charge in [-0.25, -0.2) is 4.68 Å². The largest absolute Gasteiger partial charge is 0.395 e. The molecule has 7 heteroatoms. The molecular weight excluding hydrogens is 222 g/mol. The fraction of sp³-hybridized carbons (Fsp3) is 0.900. The highest BCUT2D eigenvalue weighted by atomic mass is 16.5. The number of rotatable bonds is 8. The van der Waals surface area contributed by atoms with Crippen LogP contribution in [0.5, 0.6) is 0 Å². The molecule has 96 valence electrons. The molecule has 0 spiro atoms. The number of aliphatic hydroxyl groups is 1. The normalized spacial score (nSPS) is 15.7. The van der Waals surface area contributed by atoms with Crippen molar-refractivity contribution in [2.24, 2.45) is 0 Å². The lowest BCUT2D eigenvalue weighted by atomic mass is 10.4. The molecule has 1 aromatic heterocycles. The molecular formula is C10H19N5O2. The van der Waals surface area contributed by atoms with E-state index in [2.05, 4.69) is 20.4 Å². The second kappa shape index (κ2) is 6.04. The van der Waals surface area contributed by atoms with E-state index in [0.717, 1.165) is 25.2 Å². The average molecular weight is 241 g/mol. The number of tetrazole rings is 1. The highest BCUT2D eigenvalue weighted by molar-refractivity contribution is 4.90. The van der Waals surface area contributed by atoms with E-state index in [1.54, 1.807) is 7.11 Å². The van der Waals surface area contributed by atoms with Crippen molar-refractivity contribution in [1.82, 2.24) is 25.1 Å². The maximum absolute atomic E-state index is 9.01. The van der Waals surface area contributed by atoms with Gasteiger partial charge >= 0.3 is 0 Å². The standard InChI is InChI=1S/C10H19N5O2/c1-17-7-5-14(4-6-16)8-10-11-12-13-15(10)9-2-3-9/h9,16H,2-8H2,1H3. The van der Waals surface area contributed by atoms with Gasteiger partial charge in [-0.05, 0) is 23.3 Å². The molecule has 0 aromatic carbocycles. The van der Waals surface area contributed by atoms with Gasteiger partial charge in [0.1, 0.15) is 0 Å². The molecule has 1 aliphatic rings. The number of hydrogen-bond donors (Lipinski definition) is 1. The van der Waals surface area contributed by atoms with Gasteiger partial charge in [-0.15, -0.1) is 5.10 Å². The Balaban J connectivity index is 1.92. The van der Waals surface area contributed by atoms with Crippen molar-refractivity contribution in [3.63, 3.8) is 0 Å². The third-order valence-electron chi connectivity index (χ3n) is 2.85. The first kappa shape index (κ1) is 12.4. The van der Waals surface area contributed by atoms with Crippen LogP contribution in [-0.4, -0.2) is 63.6 Å². The lowest BCUT2D eigenvalue weighted by Gasteiger charge is -2.19. The summed E-state index contributed by atoms with van der Waals surface area (Å²) in [5.74, 6) is 0.872. The summed E-state index contributed by atoms with van der Waals surface area (Å²) < 4.78 is 6.95. The smallest absolute Gasteiger partial charge is 0.165 e. The van der Waals surface area contributed by atoms with Crippen molar-refractivity contribution in [3.8, 4) is 0 Å². The van der Waals surface area contributed by atoms with Crippen molar-refractivity contribution in [3.05, 3.63) is 5.82 Å². The highest BCUT2D eigenvalue weighted by Crippen LogP contribution is 2.34. The van der Waals surface area contributed by atoms with Gasteiger partial charge in [0.2, 0.25) is 0 Å². The molecule has 1 N–H and O–H groups in total. The van der Waals surface area contributed by atoms with Crippen molar-refractivity contribution >= 4 is 0 Å². The van der Waals surface area contributed by atoms with Crippen molar-refractivity contribution in [2.75, 3.05) is 33.4 Å². The van der Waals surface area contributed by atoms with E-state index in [-0.39, 0.29) is 6.61 Å². The molecule has 1 aromatic rings. The number of nitrogens with zero attached hydrogens (tertiary/aromatic N) is 5. The Kier molecular flexibility index (Phi) is 4.41. The van der Waals surface area contributed by atoms with Crippen LogP contribution in [0.1, 0.15) is 24.7 Å². The maximum atomic E-state index is 9.01. The zero-order chi connectivity index (χ0) is 12.1. The zero-order valence-corrected chi connectivity index (χ0v) is 10.1. The molecule has 1 fully saturated rings. The summed E-state index contributed by atoms with van der Waals surface area (Å²) in [5.41, 5.74) is 0. The minimum atomic E-state index is 0.134. The number of methoxy groups -OCH3 is 1. The van der Waals surface area contributed by atoms with Crippen LogP contribution in [0.4, 0.5) is 0 Å². The summed E-state index contributed by atoms with van der Waals surface area (Å²) in [4.78, 5) is 2.09. The number of aromatic nitrogens is 4. The Hall–Kier alpha value is -1.05. The van der Waals surface area contributed by atoms with Crippen LogP contribution < -0.4 is 0 Å². The lowest BCUT2D eigenvalue weighted by Crippen LogP contribution is -2.31. The van der Waals surface area contributed by atoms with E-state index in [1.165, 1.54) is 0 Å². The van der Waals surface area contributed by atoms with Crippen LogP contribution >= 0.6 is 0 Å². The number of hydrogen-bond acceptors (Lipinski definition) is 6. The van der Waals surface area contributed by atoms with Crippen LogP contribution in [0.25, 0.3) is 0 Å². The molecule has 0 saturated heterocycles. The van der Waals surface area contributed by atoms with E-state index in [0.29, 0.717) is 25.7 Å². The second-order valence-corrected chi connectivity index (χ2v) is 4.26. The monoisotopic (exact) mass is 241 g/mol. The third-order valence-corrected chi connectivity index (χ3v) is 2.85. The maximum Gasteiger partial charge on any atom is 0.165 e. The van der Waals surface area contributed by atoms with Crippen molar-refractivity contribution in [2.45, 2.75) is 25.4 Å². The van der Waals surface area contributed by atoms with Gasteiger partial charge in [0.15, 0.2) is 5.82 Å². The molecule has 1 saturated carbocycles. The molecule has 0 unspecified atom stereocenters. The SMILES string of the molecule is COCCN(CCO)Cc1nnnn1C1CC1. The molecule has 0 amide bonds. The van der Waals surface area contributed by atoms with Crippen LogP contribution in [0, 0.1) is 0 Å². The van der Waals surface area contributed by atoms with Gasteiger partial charge in [-0.1, -0.05) is 0 Å². The molecule has 0 atom stereocenters. The van der Waals surface area contributed by atoms with E-state index in [9.17, 15) is 0 Å². The van der Waals surface area contributed by atoms with Crippen LogP contribution in [0.15, 0.2) is 0 Å². The predicted molar refractivity (Wildman–Crippen MR) is 60.3 cm³/mol. The van der Waals surface area contributed by atoms with Crippen LogP contribution in [0.3, 0.4) is 0 Å². The molecule has 7 nitrogen and oxygen atoms in total. The van der Waals surface area contributed by atoms with E-state index in [1.807, 2.05) is 4.68 Å². The molecule has 0 radical (unpaired) electrons. The number of aliphatic hydroxyl groups excluding tert-OH is 1. The summed E-state index contributed by atoms with van der Waals surface area (Å²) in [6.07, 6.45) is 2.33. The summed E-state index contributed by atoms with van der Waals surface area (Å²) in [5, 5.41) is 20.8. The lowest BCUT2D eigenvalue weighted by molar-refractivity contribution is 0.124. The summed E-state index contributed by atoms with van der Waals surface area (Å²) in [6.45, 7) is 2.82. The van der Waals surface area contributed by atoms with Gasteiger partial charge in [0.25, 0.3) is 0 Å². The third kappa shape index (κ3) is 3.45. The Morgan fingerprint density at radius 3 is 2.94 bits per heavy atom. The van der Waals surface area contributed by atoms with Gasteiger partial charge in [0.05, 0.1) is 25.8 Å². The van der Waals surface area contributed by atoms with E-state index >= 15 is 0 Å². The van der Waals surface area contributed by atoms with Gasteiger partial charge in [-0.3, -0.25) is 4.90 Å². The van der Waals surface area contributed by atoms with Crippen molar-refractivity contribution < 1.29 is 9.84 Å². The minimum absolute atomic E-state index is 0.134. The highest BCUT2D eigenvalue weighted by Gasteiger charge is 2.28. The van der Waals surface area contributed by atoms with Gasteiger partial charge in [0, 0.05) is 20.2 Å². The summed E-state index contributed by atoms with van der Waals surface area (Å²) in [7, 11) is 1.67. The van der Waals surface area contributed by atoms with Gasteiger partial charge in [-0.2, -0.15) is 0 Å². The van der Waals surface area contributed by atoms with Crippen molar-refractivity contribution in [1.29, 1.82) is 0 Å². The summed E-state index contributed by atoms with van der Waals surface area (Å²) in [6, 6.07) is 0.485. The topological polar surface area (TPSA) is 76.3 Å². The minimum Gasteiger partial charge on any atom is -0.395 e. The Bertz CT molecular complexity index is 339. The Morgan fingerprint density at radius 1 is 1.47 bits per heavy atom. The fourth-order valence-corrected chi connectivity index (χ4v) is 1.75.